The third-order valence-corrected chi connectivity index (χ3v) is 4.98. The molecule has 2 aromatic carbocycles. The highest BCUT2D eigenvalue weighted by atomic mass is 79.9. The number of nitrogens with one attached hydrogen (secondary N) is 1. The first kappa shape index (κ1) is 19.4. The van der Waals surface area contributed by atoms with Crippen LogP contribution in [0.3, 0.4) is 0 Å². The molecule has 0 amide bonds. The molecule has 0 saturated heterocycles. The van der Waals surface area contributed by atoms with Crippen LogP contribution in [0.2, 0.25) is 0 Å². The smallest absolute Gasteiger partial charge is 0.121 e. The molecule has 0 saturated carbocycles. The van der Waals surface area contributed by atoms with E-state index in [-0.39, 0.29) is 0 Å². The quantitative estimate of drug-likeness (QED) is 0.473. The second-order valence-corrected chi connectivity index (χ2v) is 7.20. The van der Waals surface area contributed by atoms with Crippen LogP contribution in [0, 0.1) is 0 Å². The summed E-state index contributed by atoms with van der Waals surface area (Å²) in [5.41, 5.74) is 3.30. The van der Waals surface area contributed by atoms with Crippen LogP contribution in [-0.2, 0) is 0 Å². The maximum Gasteiger partial charge on any atom is 0.121 e. The van der Waals surface area contributed by atoms with E-state index in [0.717, 1.165) is 51.9 Å². The average molecular weight is 426 g/mol. The van der Waals surface area contributed by atoms with Gasteiger partial charge in [0.2, 0.25) is 0 Å². The van der Waals surface area contributed by atoms with Crippen LogP contribution < -0.4 is 4.74 Å². The number of halogens is 1. The minimum atomic E-state index is 0.507. The summed E-state index contributed by atoms with van der Waals surface area (Å²) in [4.78, 5) is 2.32. The Morgan fingerprint density at radius 1 is 1.22 bits per heavy atom. The number of aromatic amines is 1. The van der Waals surface area contributed by atoms with Gasteiger partial charge in [-0.3, -0.25) is 10.00 Å². The minimum absolute atomic E-state index is 0.507. The summed E-state index contributed by atoms with van der Waals surface area (Å²) >= 11 is 3.50. The number of H-pyrrole nitrogens is 1. The minimum Gasteiger partial charge on any atom is -0.489 e. The van der Waals surface area contributed by atoms with Crippen molar-refractivity contribution in [3.05, 3.63) is 77.4 Å². The van der Waals surface area contributed by atoms with Crippen LogP contribution in [0.15, 0.2) is 71.9 Å². The summed E-state index contributed by atoms with van der Waals surface area (Å²) in [7, 11) is 0. The fourth-order valence-electron chi connectivity index (χ4n) is 2.85. The van der Waals surface area contributed by atoms with Gasteiger partial charge in [-0.1, -0.05) is 47.1 Å². The first-order valence-corrected chi connectivity index (χ1v) is 9.83. The largest absolute Gasteiger partial charge is 0.489 e. The van der Waals surface area contributed by atoms with Gasteiger partial charge in [-0.05, 0) is 41.9 Å². The highest BCUT2D eigenvalue weighted by Gasteiger charge is 2.06. The number of ether oxygens (including phenoxy) is 1. The van der Waals surface area contributed by atoms with Crippen molar-refractivity contribution < 1.29 is 4.74 Å². The summed E-state index contributed by atoms with van der Waals surface area (Å²) < 4.78 is 7.16. The Morgan fingerprint density at radius 2 is 2.04 bits per heavy atom. The Hall–Kier alpha value is -2.37. The molecule has 0 spiro atoms. The summed E-state index contributed by atoms with van der Waals surface area (Å²) in [6.07, 6.45) is 5.99. The molecule has 1 aromatic heterocycles. The monoisotopic (exact) mass is 425 g/mol. The Bertz CT molecular complexity index is 915. The maximum absolute atomic E-state index is 6.09. The van der Waals surface area contributed by atoms with Crippen LogP contribution in [-0.4, -0.2) is 41.3 Å². The number of hydrogen-bond acceptors (Lipinski definition) is 3. The topological polar surface area (TPSA) is 41.1 Å². The molecule has 0 radical (unpaired) electrons. The number of rotatable bonds is 9. The Labute approximate surface area is 168 Å². The van der Waals surface area contributed by atoms with E-state index in [9.17, 15) is 0 Å². The number of aromatic nitrogens is 2. The van der Waals surface area contributed by atoms with E-state index in [0.29, 0.717) is 6.61 Å². The fourth-order valence-corrected chi connectivity index (χ4v) is 3.11. The van der Waals surface area contributed by atoms with Gasteiger partial charge in [0.1, 0.15) is 12.4 Å². The SMILES string of the molecule is C=CCN(CC)CC=C(COc1ccc2cn[nH]c2c1)c1ccc(Br)cc1. The van der Waals surface area contributed by atoms with Crippen molar-refractivity contribution >= 4 is 32.4 Å². The molecule has 140 valence electrons. The van der Waals surface area contributed by atoms with Crippen molar-refractivity contribution in [2.45, 2.75) is 6.92 Å². The number of likely N-dealkylation sites (N-methyl/N-ethyl adjacent to an activating group) is 1. The van der Waals surface area contributed by atoms with Crippen LogP contribution in [0.1, 0.15) is 12.5 Å². The van der Waals surface area contributed by atoms with Gasteiger partial charge >= 0.3 is 0 Å². The lowest BCUT2D eigenvalue weighted by Crippen LogP contribution is -2.23. The van der Waals surface area contributed by atoms with E-state index in [2.05, 4.69) is 74.9 Å². The molecule has 0 atom stereocenters. The molecule has 0 unspecified atom stereocenters. The first-order valence-electron chi connectivity index (χ1n) is 9.03. The molecule has 1 N–H and O–H groups in total. The molecule has 0 aliphatic heterocycles. The Balaban J connectivity index is 1.77. The van der Waals surface area contributed by atoms with Gasteiger partial charge in [0, 0.05) is 29.0 Å². The van der Waals surface area contributed by atoms with Crippen molar-refractivity contribution in [3.8, 4) is 5.75 Å². The molecule has 3 rings (SSSR count). The zero-order valence-electron chi connectivity index (χ0n) is 15.5. The predicted octanol–water partition coefficient (Wildman–Crippen LogP) is 5.30. The van der Waals surface area contributed by atoms with Crippen molar-refractivity contribution in [1.82, 2.24) is 15.1 Å². The van der Waals surface area contributed by atoms with E-state index in [4.69, 9.17) is 4.74 Å². The molecular formula is C22H24BrN3O. The number of benzene rings is 2. The molecule has 1 heterocycles. The Morgan fingerprint density at radius 3 is 2.78 bits per heavy atom. The molecule has 0 aliphatic rings. The highest BCUT2D eigenvalue weighted by Crippen LogP contribution is 2.22. The normalized spacial score (nSPS) is 11.9. The van der Waals surface area contributed by atoms with E-state index in [1.165, 1.54) is 0 Å². The van der Waals surface area contributed by atoms with Gasteiger partial charge in [-0.2, -0.15) is 5.10 Å². The molecule has 27 heavy (non-hydrogen) atoms. The molecule has 4 nitrogen and oxygen atoms in total. The van der Waals surface area contributed by atoms with Crippen molar-refractivity contribution in [2.24, 2.45) is 0 Å². The van der Waals surface area contributed by atoms with Gasteiger partial charge in [0.15, 0.2) is 0 Å². The zero-order valence-corrected chi connectivity index (χ0v) is 17.1. The van der Waals surface area contributed by atoms with Gasteiger partial charge < -0.3 is 4.74 Å². The summed E-state index contributed by atoms with van der Waals surface area (Å²) in [5, 5.41) is 8.12. The molecule has 3 aromatic rings. The fraction of sp³-hybridized carbons (Fsp3) is 0.227. The molecule has 0 aliphatic carbocycles. The van der Waals surface area contributed by atoms with Crippen LogP contribution in [0.5, 0.6) is 5.75 Å². The lowest BCUT2D eigenvalue weighted by atomic mass is 10.1. The lowest BCUT2D eigenvalue weighted by Gasteiger charge is -2.18. The molecule has 5 heteroatoms. The molecule has 0 fully saturated rings. The third kappa shape index (κ3) is 5.31. The maximum atomic E-state index is 6.09. The van der Waals surface area contributed by atoms with E-state index in [1.807, 2.05) is 30.5 Å². The van der Waals surface area contributed by atoms with Crippen molar-refractivity contribution in [3.63, 3.8) is 0 Å². The lowest BCUT2D eigenvalue weighted by molar-refractivity contribution is 0.350. The van der Waals surface area contributed by atoms with Gasteiger partial charge in [0.25, 0.3) is 0 Å². The number of fused-ring (bicyclic) bond motifs is 1. The van der Waals surface area contributed by atoms with Crippen molar-refractivity contribution in [1.29, 1.82) is 0 Å². The van der Waals surface area contributed by atoms with Gasteiger partial charge in [-0.15, -0.1) is 6.58 Å². The van der Waals surface area contributed by atoms with E-state index < -0.39 is 0 Å². The second kappa shape index (κ2) is 9.53. The highest BCUT2D eigenvalue weighted by molar-refractivity contribution is 9.10. The van der Waals surface area contributed by atoms with Crippen molar-refractivity contribution in [2.75, 3.05) is 26.2 Å². The number of hydrogen-bond donors (Lipinski definition) is 1. The molecule has 0 bridgehead atoms. The summed E-state index contributed by atoms with van der Waals surface area (Å²) in [6.45, 7) is 9.22. The van der Waals surface area contributed by atoms with Crippen LogP contribution in [0.25, 0.3) is 16.5 Å². The zero-order chi connectivity index (χ0) is 19.1. The van der Waals surface area contributed by atoms with Crippen LogP contribution >= 0.6 is 15.9 Å². The summed E-state index contributed by atoms with van der Waals surface area (Å²) in [6, 6.07) is 14.3. The van der Waals surface area contributed by atoms with Gasteiger partial charge in [-0.25, -0.2) is 0 Å². The number of nitrogens with zero attached hydrogens (tertiary/aromatic N) is 2. The molecular weight excluding hydrogens is 402 g/mol. The van der Waals surface area contributed by atoms with E-state index in [1.54, 1.807) is 0 Å². The third-order valence-electron chi connectivity index (χ3n) is 4.45. The second-order valence-electron chi connectivity index (χ2n) is 6.28. The van der Waals surface area contributed by atoms with E-state index >= 15 is 0 Å². The van der Waals surface area contributed by atoms with Gasteiger partial charge in [0.05, 0.1) is 11.7 Å². The van der Waals surface area contributed by atoms with Crippen LogP contribution in [0.4, 0.5) is 0 Å². The average Bonchev–Trinajstić information content (AvgIpc) is 3.16. The summed E-state index contributed by atoms with van der Waals surface area (Å²) in [5.74, 6) is 0.827. The Kier molecular flexibility index (Phi) is 6.85. The predicted molar refractivity (Wildman–Crippen MR) is 116 cm³/mol. The first-order chi connectivity index (χ1) is 13.2. The standard InChI is InChI=1S/C22H24BrN3O/c1-3-12-26(4-2)13-11-19(17-5-8-20(23)9-6-17)16-27-21-10-7-18-15-24-25-22(18)14-21/h3,5-11,14-15H,1,4,12-13,16H2,2H3,(H,24,25).